The molecule has 0 aromatic heterocycles. The average molecular weight is 186 g/mol. The van der Waals surface area contributed by atoms with E-state index in [1.807, 2.05) is 0 Å². The zero-order valence-electron chi connectivity index (χ0n) is 8.82. The van der Waals surface area contributed by atoms with Gasteiger partial charge in [0.25, 0.3) is 0 Å². The maximum absolute atomic E-state index is 2.53. The van der Waals surface area contributed by atoms with Gasteiger partial charge in [-0.3, -0.25) is 0 Å². The van der Waals surface area contributed by atoms with E-state index in [4.69, 9.17) is 0 Å². The third-order valence-electron chi connectivity index (χ3n) is 5.49. The van der Waals surface area contributed by atoms with Gasteiger partial charge in [-0.1, -0.05) is 23.8 Å². The van der Waals surface area contributed by atoms with Gasteiger partial charge in [-0.25, -0.2) is 0 Å². The molecular formula is C14H18. The molecule has 0 spiro atoms. The highest BCUT2D eigenvalue weighted by atomic mass is 14.6. The van der Waals surface area contributed by atoms with Gasteiger partial charge in [0.15, 0.2) is 0 Å². The van der Waals surface area contributed by atoms with Gasteiger partial charge in [0, 0.05) is 0 Å². The Morgan fingerprint density at radius 3 is 2.71 bits per heavy atom. The molecule has 3 saturated carbocycles. The maximum atomic E-state index is 2.53. The quantitative estimate of drug-likeness (QED) is 0.402. The van der Waals surface area contributed by atoms with Crippen LogP contribution in [0.1, 0.15) is 26.2 Å². The summed E-state index contributed by atoms with van der Waals surface area (Å²) >= 11 is 0. The summed E-state index contributed by atoms with van der Waals surface area (Å²) < 4.78 is 0. The van der Waals surface area contributed by atoms with Crippen LogP contribution in [0.3, 0.4) is 0 Å². The van der Waals surface area contributed by atoms with Crippen LogP contribution in [0, 0.1) is 35.5 Å². The summed E-state index contributed by atoms with van der Waals surface area (Å²) in [6.07, 6.45) is 11.9. The topological polar surface area (TPSA) is 0 Å². The molecule has 2 unspecified atom stereocenters. The molecule has 0 amide bonds. The monoisotopic (exact) mass is 186 g/mol. The zero-order valence-corrected chi connectivity index (χ0v) is 8.82. The smallest absolute Gasteiger partial charge is 0.0163 e. The van der Waals surface area contributed by atoms with Crippen molar-refractivity contribution in [3.05, 3.63) is 23.8 Å². The van der Waals surface area contributed by atoms with Gasteiger partial charge in [0.05, 0.1) is 0 Å². The van der Waals surface area contributed by atoms with E-state index in [0.717, 1.165) is 35.5 Å². The number of rotatable bonds is 0. The third-order valence-corrected chi connectivity index (χ3v) is 5.49. The molecule has 0 aromatic rings. The predicted molar refractivity (Wildman–Crippen MR) is 57.7 cm³/mol. The summed E-state index contributed by atoms with van der Waals surface area (Å²) in [7, 11) is 0. The highest BCUT2D eigenvalue weighted by molar-refractivity contribution is 5.28. The summed E-state index contributed by atoms with van der Waals surface area (Å²) in [6, 6.07) is 0. The second-order valence-corrected chi connectivity index (χ2v) is 5.77. The van der Waals surface area contributed by atoms with Crippen LogP contribution in [0.15, 0.2) is 23.8 Å². The minimum absolute atomic E-state index is 0.968. The van der Waals surface area contributed by atoms with Crippen LogP contribution in [-0.4, -0.2) is 0 Å². The second-order valence-electron chi connectivity index (χ2n) is 5.77. The Kier molecular flexibility index (Phi) is 1.30. The molecule has 4 rings (SSSR count). The summed E-state index contributed by atoms with van der Waals surface area (Å²) in [5.74, 6) is 6.17. The summed E-state index contributed by atoms with van der Waals surface area (Å²) in [4.78, 5) is 0. The Balaban J connectivity index is 1.78. The van der Waals surface area contributed by atoms with Gasteiger partial charge >= 0.3 is 0 Å². The highest BCUT2D eigenvalue weighted by Crippen LogP contribution is 2.66. The molecule has 0 aromatic carbocycles. The lowest BCUT2D eigenvalue weighted by Gasteiger charge is -2.33. The van der Waals surface area contributed by atoms with Crippen molar-refractivity contribution in [2.45, 2.75) is 26.2 Å². The molecule has 0 saturated heterocycles. The maximum Gasteiger partial charge on any atom is -0.0163 e. The fraction of sp³-hybridized carbons (Fsp3) is 0.714. The molecule has 6 atom stereocenters. The zero-order chi connectivity index (χ0) is 9.28. The normalized spacial score (nSPS) is 60.2. The molecule has 14 heavy (non-hydrogen) atoms. The molecule has 3 fully saturated rings. The average Bonchev–Trinajstić information content (AvgIpc) is 2.94. The first-order valence-electron chi connectivity index (χ1n) is 6.22. The van der Waals surface area contributed by atoms with Gasteiger partial charge < -0.3 is 0 Å². The van der Waals surface area contributed by atoms with E-state index < -0.39 is 0 Å². The van der Waals surface area contributed by atoms with E-state index in [-0.39, 0.29) is 0 Å². The van der Waals surface area contributed by atoms with Gasteiger partial charge in [-0.05, 0) is 61.7 Å². The van der Waals surface area contributed by atoms with Crippen molar-refractivity contribution in [1.29, 1.82) is 0 Å². The van der Waals surface area contributed by atoms with Gasteiger partial charge in [-0.15, -0.1) is 0 Å². The van der Waals surface area contributed by atoms with Gasteiger partial charge in [0.1, 0.15) is 0 Å². The van der Waals surface area contributed by atoms with Crippen molar-refractivity contribution in [1.82, 2.24) is 0 Å². The van der Waals surface area contributed by atoms with Crippen molar-refractivity contribution in [3.63, 3.8) is 0 Å². The lowest BCUT2D eigenvalue weighted by atomic mass is 9.71. The van der Waals surface area contributed by atoms with Crippen LogP contribution in [0.25, 0.3) is 0 Å². The Hall–Kier alpha value is -0.520. The third kappa shape index (κ3) is 0.699. The number of hydrogen-bond donors (Lipinski definition) is 0. The first-order chi connectivity index (χ1) is 6.88. The minimum Gasteiger partial charge on any atom is -0.0882 e. The Morgan fingerprint density at radius 1 is 1.14 bits per heavy atom. The van der Waals surface area contributed by atoms with Crippen LogP contribution >= 0.6 is 0 Å². The molecule has 0 heterocycles. The van der Waals surface area contributed by atoms with Crippen molar-refractivity contribution in [2.24, 2.45) is 35.5 Å². The van der Waals surface area contributed by atoms with Gasteiger partial charge in [0.2, 0.25) is 0 Å². The first kappa shape index (κ1) is 7.73. The van der Waals surface area contributed by atoms with E-state index in [1.165, 1.54) is 19.3 Å². The van der Waals surface area contributed by atoms with Crippen LogP contribution in [-0.2, 0) is 0 Å². The molecule has 0 radical (unpaired) electrons. The molecule has 4 bridgehead atoms. The fourth-order valence-electron chi connectivity index (χ4n) is 5.17. The first-order valence-corrected chi connectivity index (χ1v) is 6.22. The lowest BCUT2D eigenvalue weighted by Crippen LogP contribution is -2.26. The van der Waals surface area contributed by atoms with Crippen molar-refractivity contribution in [2.75, 3.05) is 0 Å². The van der Waals surface area contributed by atoms with E-state index in [0.29, 0.717) is 0 Å². The van der Waals surface area contributed by atoms with Crippen LogP contribution in [0.5, 0.6) is 0 Å². The summed E-state index contributed by atoms with van der Waals surface area (Å²) in [5.41, 5.74) is 1.80. The van der Waals surface area contributed by atoms with E-state index in [9.17, 15) is 0 Å². The Bertz CT molecular complexity index is 336. The molecule has 0 nitrogen and oxygen atoms in total. The van der Waals surface area contributed by atoms with Crippen molar-refractivity contribution < 1.29 is 0 Å². The summed E-state index contributed by atoms with van der Waals surface area (Å²) in [5, 5.41) is 0. The largest absolute Gasteiger partial charge is 0.0882 e. The van der Waals surface area contributed by atoms with E-state index >= 15 is 0 Å². The molecule has 0 heteroatoms. The summed E-state index contributed by atoms with van der Waals surface area (Å²) in [6.45, 7) is 2.24. The lowest BCUT2D eigenvalue weighted by molar-refractivity contribution is 0.243. The van der Waals surface area contributed by atoms with Crippen LogP contribution < -0.4 is 0 Å². The molecule has 4 aliphatic carbocycles. The van der Waals surface area contributed by atoms with Gasteiger partial charge in [-0.2, -0.15) is 0 Å². The number of fused-ring (bicyclic) bond motifs is 9. The fourth-order valence-corrected chi connectivity index (χ4v) is 5.17. The minimum atomic E-state index is 0.968. The van der Waals surface area contributed by atoms with E-state index in [1.54, 1.807) is 5.57 Å². The molecule has 74 valence electrons. The number of hydrogen-bond acceptors (Lipinski definition) is 0. The molecule has 0 N–H and O–H groups in total. The number of allylic oxidation sites excluding steroid dienone is 4. The predicted octanol–water partition coefficient (Wildman–Crippen LogP) is 3.41. The Morgan fingerprint density at radius 2 is 1.93 bits per heavy atom. The molecule has 0 aliphatic heterocycles. The van der Waals surface area contributed by atoms with Crippen LogP contribution in [0.2, 0.25) is 0 Å². The molecular weight excluding hydrogens is 168 g/mol. The molecule has 4 aliphatic rings. The second kappa shape index (κ2) is 2.35. The SMILES string of the molecule is C/C=C1\C[C@@H]2C[C@H]1C1C2[C@H]2C=C[C@@H]1C2. The van der Waals surface area contributed by atoms with Crippen LogP contribution in [0.4, 0.5) is 0 Å². The standard InChI is InChI=1S/C14H18/c1-2-8-5-11-7-12(8)14-10-4-3-9(6-10)13(11)14/h2-4,9-14H,5-7H2,1H3/b8-2+/t9-,10+,11+,12+,13?,14?/m0/s1. The van der Waals surface area contributed by atoms with Crippen molar-refractivity contribution in [3.8, 4) is 0 Å². The van der Waals surface area contributed by atoms with Crippen molar-refractivity contribution >= 4 is 0 Å². The van der Waals surface area contributed by atoms with E-state index in [2.05, 4.69) is 25.2 Å². The Labute approximate surface area is 86.1 Å². The highest BCUT2D eigenvalue weighted by Gasteiger charge is 2.59.